The van der Waals surface area contributed by atoms with Crippen molar-refractivity contribution in [2.24, 2.45) is 0 Å². The second-order valence-corrected chi connectivity index (χ2v) is 11.0. The number of carbonyl (C=O) groups is 2. The molecule has 2 aliphatic heterocycles. The number of halogens is 4. The smallest absolute Gasteiger partial charge is 0.246 e. The van der Waals surface area contributed by atoms with E-state index in [1.165, 1.54) is 23.9 Å². The highest BCUT2D eigenvalue weighted by atomic mass is 35.5. The SMILES string of the molecule is O=C(/C=C/c1ccc(Sc2ccc(/C=C/C(=O)N3CC=CCC3)c(Cl)c2Cl)c(Cl)c1Cl)N1CC=CCC1. The Morgan fingerprint density at radius 3 is 1.46 bits per heavy atom. The molecule has 0 bridgehead atoms. The topological polar surface area (TPSA) is 40.6 Å². The summed E-state index contributed by atoms with van der Waals surface area (Å²) in [6.07, 6.45) is 16.2. The van der Waals surface area contributed by atoms with Gasteiger partial charge in [0.05, 0.1) is 20.1 Å². The number of nitrogens with zero attached hydrogens (tertiary/aromatic N) is 2. The Kier molecular flexibility index (Phi) is 9.85. The molecular formula is C28H24Cl4N2O2S. The zero-order chi connectivity index (χ0) is 26.4. The summed E-state index contributed by atoms with van der Waals surface area (Å²) < 4.78 is 0. The van der Waals surface area contributed by atoms with Crippen LogP contribution in [0, 0.1) is 0 Å². The van der Waals surface area contributed by atoms with Crippen molar-refractivity contribution >= 4 is 82.1 Å². The Hall–Kier alpha value is -2.15. The van der Waals surface area contributed by atoms with E-state index < -0.39 is 0 Å². The van der Waals surface area contributed by atoms with Crippen LogP contribution in [0.3, 0.4) is 0 Å². The number of hydrogen-bond acceptors (Lipinski definition) is 3. The van der Waals surface area contributed by atoms with E-state index in [2.05, 4.69) is 12.2 Å². The Morgan fingerprint density at radius 2 is 1.08 bits per heavy atom. The van der Waals surface area contributed by atoms with Crippen molar-refractivity contribution in [2.45, 2.75) is 22.6 Å². The Labute approximate surface area is 241 Å². The monoisotopic (exact) mass is 592 g/mol. The first kappa shape index (κ1) is 27.9. The zero-order valence-electron chi connectivity index (χ0n) is 19.8. The molecule has 192 valence electrons. The first-order chi connectivity index (χ1) is 17.8. The summed E-state index contributed by atoms with van der Waals surface area (Å²) in [5.41, 5.74) is 1.30. The molecule has 37 heavy (non-hydrogen) atoms. The maximum Gasteiger partial charge on any atom is 0.246 e. The molecule has 2 aliphatic rings. The molecule has 0 aliphatic carbocycles. The van der Waals surface area contributed by atoms with Gasteiger partial charge in [0, 0.05) is 48.1 Å². The predicted molar refractivity (Wildman–Crippen MR) is 156 cm³/mol. The average molecular weight is 594 g/mol. The molecule has 2 aromatic rings. The molecule has 4 nitrogen and oxygen atoms in total. The van der Waals surface area contributed by atoms with Gasteiger partial charge in [0.2, 0.25) is 11.8 Å². The lowest BCUT2D eigenvalue weighted by Gasteiger charge is -2.21. The largest absolute Gasteiger partial charge is 0.335 e. The standard InChI is InChI=1S/C28H24Cl4N2O2S/c29-25-19(9-13-23(35)33-15-3-1-4-16-33)7-11-21(27(25)31)37-22-12-8-20(26(30)28(22)32)10-14-24(36)34-17-5-2-6-18-34/h1-3,5,7-14H,4,6,15-18H2/b13-9+,14-10+. The second-order valence-electron chi connectivity index (χ2n) is 8.42. The van der Waals surface area contributed by atoms with Gasteiger partial charge in [-0.25, -0.2) is 0 Å². The van der Waals surface area contributed by atoms with Crippen LogP contribution < -0.4 is 0 Å². The number of benzene rings is 2. The van der Waals surface area contributed by atoms with E-state index >= 15 is 0 Å². The van der Waals surface area contributed by atoms with Crippen molar-refractivity contribution < 1.29 is 9.59 Å². The van der Waals surface area contributed by atoms with Gasteiger partial charge < -0.3 is 9.80 Å². The van der Waals surface area contributed by atoms with Crippen LogP contribution in [0.25, 0.3) is 12.2 Å². The molecule has 4 rings (SSSR count). The van der Waals surface area contributed by atoms with Gasteiger partial charge in [0.15, 0.2) is 0 Å². The first-order valence-electron chi connectivity index (χ1n) is 11.7. The van der Waals surface area contributed by atoms with Crippen LogP contribution in [0.15, 0.2) is 70.5 Å². The van der Waals surface area contributed by atoms with Gasteiger partial charge in [0.1, 0.15) is 0 Å². The summed E-state index contributed by atoms with van der Waals surface area (Å²) in [6, 6.07) is 7.28. The van der Waals surface area contributed by atoms with Gasteiger partial charge in [-0.2, -0.15) is 0 Å². The fourth-order valence-electron chi connectivity index (χ4n) is 3.84. The van der Waals surface area contributed by atoms with Crippen molar-refractivity contribution in [1.29, 1.82) is 0 Å². The number of hydrogen-bond donors (Lipinski definition) is 0. The fraction of sp³-hybridized carbons (Fsp3) is 0.214. The molecule has 9 heteroatoms. The molecule has 0 saturated carbocycles. The Balaban J connectivity index is 1.46. The summed E-state index contributed by atoms with van der Waals surface area (Å²) in [4.78, 5) is 29.7. The first-order valence-corrected chi connectivity index (χ1v) is 14.1. The lowest BCUT2D eigenvalue weighted by Crippen LogP contribution is -2.32. The molecule has 0 aromatic heterocycles. The molecule has 2 heterocycles. The number of carbonyl (C=O) groups excluding carboxylic acids is 2. The normalized spacial score (nSPS) is 15.8. The lowest BCUT2D eigenvalue weighted by molar-refractivity contribution is -0.126. The summed E-state index contributed by atoms with van der Waals surface area (Å²) in [5, 5.41) is 1.42. The van der Waals surface area contributed by atoms with E-state index in [0.717, 1.165) is 12.8 Å². The van der Waals surface area contributed by atoms with Crippen LogP contribution >= 0.6 is 58.2 Å². The molecule has 2 aromatic carbocycles. The Morgan fingerprint density at radius 1 is 0.649 bits per heavy atom. The van der Waals surface area contributed by atoms with Gasteiger partial charge in [-0.05, 0) is 48.3 Å². The van der Waals surface area contributed by atoms with E-state index in [4.69, 9.17) is 46.4 Å². The Bertz CT molecular complexity index is 1220. The molecule has 0 radical (unpaired) electrons. The third kappa shape index (κ3) is 7.04. The van der Waals surface area contributed by atoms with Crippen LogP contribution in [0.1, 0.15) is 24.0 Å². The van der Waals surface area contributed by atoms with Crippen LogP contribution in [0.2, 0.25) is 20.1 Å². The highest BCUT2D eigenvalue weighted by Crippen LogP contribution is 2.44. The highest BCUT2D eigenvalue weighted by Gasteiger charge is 2.16. The second kappa shape index (κ2) is 13.1. The molecular weight excluding hydrogens is 570 g/mol. The van der Waals surface area contributed by atoms with Gasteiger partial charge >= 0.3 is 0 Å². The van der Waals surface area contributed by atoms with Crippen molar-refractivity contribution in [1.82, 2.24) is 9.80 Å². The third-order valence-corrected chi connectivity index (χ3v) is 9.06. The van der Waals surface area contributed by atoms with E-state index in [1.54, 1.807) is 22.0 Å². The summed E-state index contributed by atoms with van der Waals surface area (Å²) in [6.45, 7) is 2.62. The van der Waals surface area contributed by atoms with Crippen LogP contribution in [-0.2, 0) is 9.59 Å². The molecule has 0 atom stereocenters. The van der Waals surface area contributed by atoms with Crippen molar-refractivity contribution in [3.05, 3.63) is 91.9 Å². The van der Waals surface area contributed by atoms with Crippen LogP contribution in [0.4, 0.5) is 0 Å². The van der Waals surface area contributed by atoms with E-state index in [0.29, 0.717) is 67.2 Å². The van der Waals surface area contributed by atoms with Gasteiger partial charge in [-0.15, -0.1) is 0 Å². The highest BCUT2D eigenvalue weighted by molar-refractivity contribution is 7.99. The average Bonchev–Trinajstić information content (AvgIpc) is 2.93. The minimum atomic E-state index is -0.0694. The number of rotatable bonds is 6. The lowest BCUT2D eigenvalue weighted by atomic mass is 10.2. The fourth-order valence-corrected chi connectivity index (χ4v) is 5.88. The minimum absolute atomic E-state index is 0.0694. The summed E-state index contributed by atoms with van der Waals surface area (Å²) in [5.74, 6) is -0.139. The molecule has 0 unspecified atom stereocenters. The van der Waals surface area contributed by atoms with Gasteiger partial charge in [-0.3, -0.25) is 9.59 Å². The molecule has 0 fully saturated rings. The summed E-state index contributed by atoms with van der Waals surface area (Å²) >= 11 is 27.5. The van der Waals surface area contributed by atoms with Crippen molar-refractivity contribution in [3.63, 3.8) is 0 Å². The van der Waals surface area contributed by atoms with E-state index in [9.17, 15) is 9.59 Å². The summed E-state index contributed by atoms with van der Waals surface area (Å²) in [7, 11) is 0. The number of amides is 2. The maximum absolute atomic E-state index is 12.4. The van der Waals surface area contributed by atoms with Gasteiger partial charge in [0.25, 0.3) is 0 Å². The zero-order valence-corrected chi connectivity index (χ0v) is 23.6. The third-order valence-electron chi connectivity index (χ3n) is 5.92. The van der Waals surface area contributed by atoms with Crippen molar-refractivity contribution in [2.75, 3.05) is 26.2 Å². The van der Waals surface area contributed by atoms with Crippen LogP contribution in [-0.4, -0.2) is 47.8 Å². The molecule has 0 spiro atoms. The molecule has 2 amide bonds. The quantitative estimate of drug-likeness (QED) is 0.251. The van der Waals surface area contributed by atoms with Crippen LogP contribution in [0.5, 0.6) is 0 Å². The van der Waals surface area contributed by atoms with E-state index in [-0.39, 0.29) is 11.8 Å². The predicted octanol–water partition coefficient (Wildman–Crippen LogP) is 8.05. The molecule has 0 N–H and O–H groups in total. The molecule has 0 saturated heterocycles. The van der Waals surface area contributed by atoms with Crippen molar-refractivity contribution in [3.8, 4) is 0 Å². The maximum atomic E-state index is 12.4. The minimum Gasteiger partial charge on any atom is -0.335 e. The van der Waals surface area contributed by atoms with Gasteiger partial charge in [-0.1, -0.05) is 94.6 Å². The van der Waals surface area contributed by atoms with E-state index in [1.807, 2.05) is 36.4 Å².